The van der Waals surface area contributed by atoms with Crippen molar-refractivity contribution in [2.24, 2.45) is 5.41 Å². The fourth-order valence-electron chi connectivity index (χ4n) is 2.51. The number of nitrogens with one attached hydrogen (secondary N) is 1. The predicted octanol–water partition coefficient (Wildman–Crippen LogP) is 3.49. The van der Waals surface area contributed by atoms with Gasteiger partial charge in [-0.1, -0.05) is 25.4 Å². The quantitative estimate of drug-likeness (QED) is 0.896. The Kier molecular flexibility index (Phi) is 4.26. The van der Waals surface area contributed by atoms with Gasteiger partial charge in [0, 0.05) is 6.54 Å². The Morgan fingerprint density at radius 2 is 1.65 bits per heavy atom. The number of hydrogen-bond donors (Lipinski definition) is 2. The largest absolute Gasteiger partial charge is 0.388 e. The van der Waals surface area contributed by atoms with Gasteiger partial charge >= 0.3 is 0 Å². The topological polar surface area (TPSA) is 58.0 Å². The zero-order valence-electron chi connectivity index (χ0n) is 12.8. The summed E-state index contributed by atoms with van der Waals surface area (Å²) in [5.41, 5.74) is 1.36. The standard InChI is InChI=1S/C15H24ClN3O/c1-10-11(2)19-13(12(16)18-10)17-9-15(20)7-5-14(3,4)6-8-15/h20H,5-9H2,1-4H3,(H,17,19). The first kappa shape index (κ1) is 15.5. The fraction of sp³-hybridized carbons (Fsp3) is 0.733. The van der Waals surface area contributed by atoms with Crippen LogP contribution in [0.25, 0.3) is 0 Å². The molecule has 1 heterocycles. The van der Waals surface area contributed by atoms with Gasteiger partial charge in [0.2, 0.25) is 0 Å². The molecule has 2 rings (SSSR count). The van der Waals surface area contributed by atoms with Crippen LogP contribution in [0.5, 0.6) is 0 Å². The molecule has 1 saturated carbocycles. The van der Waals surface area contributed by atoms with Crippen LogP contribution in [0.1, 0.15) is 50.9 Å². The molecule has 1 aliphatic rings. The highest BCUT2D eigenvalue weighted by atomic mass is 35.5. The van der Waals surface area contributed by atoms with Crippen LogP contribution < -0.4 is 5.32 Å². The van der Waals surface area contributed by atoms with Gasteiger partial charge in [-0.25, -0.2) is 9.97 Å². The van der Waals surface area contributed by atoms with Crippen molar-refractivity contribution in [3.8, 4) is 0 Å². The van der Waals surface area contributed by atoms with E-state index in [1.807, 2.05) is 13.8 Å². The minimum atomic E-state index is -0.667. The van der Waals surface area contributed by atoms with E-state index >= 15 is 0 Å². The van der Waals surface area contributed by atoms with E-state index < -0.39 is 5.60 Å². The summed E-state index contributed by atoms with van der Waals surface area (Å²) in [5, 5.41) is 14.2. The first-order valence-electron chi connectivity index (χ1n) is 7.18. The van der Waals surface area contributed by atoms with Gasteiger partial charge in [0.25, 0.3) is 0 Å². The van der Waals surface area contributed by atoms with E-state index in [-0.39, 0.29) is 0 Å². The second kappa shape index (κ2) is 5.49. The Balaban J connectivity index is 2.00. The van der Waals surface area contributed by atoms with Crippen molar-refractivity contribution in [3.05, 3.63) is 16.5 Å². The zero-order valence-corrected chi connectivity index (χ0v) is 13.5. The Morgan fingerprint density at radius 1 is 1.10 bits per heavy atom. The van der Waals surface area contributed by atoms with Crippen molar-refractivity contribution in [1.29, 1.82) is 0 Å². The third-order valence-corrected chi connectivity index (χ3v) is 4.65. The molecule has 0 amide bonds. The molecule has 0 radical (unpaired) electrons. The van der Waals surface area contributed by atoms with Crippen LogP contribution in [0.4, 0.5) is 5.82 Å². The number of nitrogens with zero attached hydrogens (tertiary/aromatic N) is 2. The lowest BCUT2D eigenvalue weighted by atomic mass is 9.71. The van der Waals surface area contributed by atoms with Gasteiger partial charge in [0.15, 0.2) is 11.0 Å². The maximum absolute atomic E-state index is 10.6. The molecule has 0 saturated heterocycles. The minimum Gasteiger partial charge on any atom is -0.388 e. The van der Waals surface area contributed by atoms with E-state index in [1.54, 1.807) is 0 Å². The van der Waals surface area contributed by atoms with E-state index in [9.17, 15) is 5.11 Å². The number of anilines is 1. The third-order valence-electron chi connectivity index (χ3n) is 4.38. The van der Waals surface area contributed by atoms with E-state index in [1.165, 1.54) is 0 Å². The molecule has 2 N–H and O–H groups in total. The molecule has 0 atom stereocenters. The summed E-state index contributed by atoms with van der Waals surface area (Å²) < 4.78 is 0. The van der Waals surface area contributed by atoms with Crippen LogP contribution in [-0.4, -0.2) is 27.2 Å². The monoisotopic (exact) mass is 297 g/mol. The van der Waals surface area contributed by atoms with E-state index in [4.69, 9.17) is 11.6 Å². The summed E-state index contributed by atoms with van der Waals surface area (Å²) in [6.45, 7) is 8.77. The number of aliphatic hydroxyl groups is 1. The second-order valence-electron chi connectivity index (χ2n) is 6.78. The highest BCUT2D eigenvalue weighted by Crippen LogP contribution is 2.40. The molecule has 0 unspecified atom stereocenters. The summed E-state index contributed by atoms with van der Waals surface area (Å²) >= 11 is 6.09. The minimum absolute atomic E-state index is 0.337. The fourth-order valence-corrected chi connectivity index (χ4v) is 2.74. The molecule has 4 nitrogen and oxygen atoms in total. The number of rotatable bonds is 3. The molecule has 1 aromatic rings. The lowest BCUT2D eigenvalue weighted by Crippen LogP contribution is -2.42. The maximum Gasteiger partial charge on any atom is 0.171 e. The molecule has 0 spiro atoms. The predicted molar refractivity (Wildman–Crippen MR) is 82.2 cm³/mol. The number of aryl methyl sites for hydroxylation is 2. The zero-order chi connectivity index (χ0) is 15.0. The van der Waals surface area contributed by atoms with Gasteiger partial charge in [-0.05, 0) is 44.9 Å². The summed E-state index contributed by atoms with van der Waals surface area (Å²) in [7, 11) is 0. The van der Waals surface area contributed by atoms with Gasteiger partial charge in [0.1, 0.15) is 0 Å². The molecule has 112 valence electrons. The molecule has 0 aliphatic heterocycles. The SMILES string of the molecule is Cc1nc(Cl)c(NCC2(O)CCC(C)(C)CC2)nc1C. The average molecular weight is 298 g/mol. The molecule has 20 heavy (non-hydrogen) atoms. The van der Waals surface area contributed by atoms with Crippen LogP contribution in [0, 0.1) is 19.3 Å². The lowest BCUT2D eigenvalue weighted by Gasteiger charge is -2.40. The van der Waals surface area contributed by atoms with Crippen LogP contribution >= 0.6 is 11.6 Å². The first-order valence-corrected chi connectivity index (χ1v) is 7.56. The van der Waals surface area contributed by atoms with Crippen molar-refractivity contribution < 1.29 is 5.11 Å². The third kappa shape index (κ3) is 3.61. The molecule has 1 aliphatic carbocycles. The normalized spacial score (nSPS) is 20.7. The highest BCUT2D eigenvalue weighted by Gasteiger charge is 2.36. The van der Waals surface area contributed by atoms with Crippen LogP contribution in [0.3, 0.4) is 0 Å². The first-order chi connectivity index (χ1) is 9.21. The summed E-state index contributed by atoms with van der Waals surface area (Å²) in [4.78, 5) is 8.64. The summed E-state index contributed by atoms with van der Waals surface area (Å²) in [6, 6.07) is 0. The smallest absolute Gasteiger partial charge is 0.171 e. The average Bonchev–Trinajstić information content (AvgIpc) is 2.37. The van der Waals surface area contributed by atoms with E-state index in [0.717, 1.165) is 37.1 Å². The van der Waals surface area contributed by atoms with Crippen LogP contribution in [0.15, 0.2) is 0 Å². The molecule has 1 aromatic heterocycles. The number of aromatic nitrogens is 2. The lowest BCUT2D eigenvalue weighted by molar-refractivity contribution is -0.0145. The Bertz CT molecular complexity index is 492. The van der Waals surface area contributed by atoms with Crippen molar-refractivity contribution in [3.63, 3.8) is 0 Å². The highest BCUT2D eigenvalue weighted by molar-refractivity contribution is 6.31. The number of hydrogen-bond acceptors (Lipinski definition) is 4. The van der Waals surface area contributed by atoms with Crippen molar-refractivity contribution >= 4 is 17.4 Å². The van der Waals surface area contributed by atoms with Gasteiger partial charge in [-0.15, -0.1) is 0 Å². The Hall–Kier alpha value is -0.870. The number of halogens is 1. The summed E-state index contributed by atoms with van der Waals surface area (Å²) in [6.07, 6.45) is 3.70. The van der Waals surface area contributed by atoms with Gasteiger partial charge in [-0.3, -0.25) is 0 Å². The maximum atomic E-state index is 10.6. The van der Waals surface area contributed by atoms with Gasteiger partial charge in [-0.2, -0.15) is 0 Å². The molecule has 0 bridgehead atoms. The Labute approximate surface area is 126 Å². The van der Waals surface area contributed by atoms with E-state index in [0.29, 0.717) is 22.9 Å². The van der Waals surface area contributed by atoms with Crippen molar-refractivity contribution in [2.45, 2.75) is 59.0 Å². The molecule has 1 fully saturated rings. The van der Waals surface area contributed by atoms with Gasteiger partial charge < -0.3 is 10.4 Å². The molecule has 0 aromatic carbocycles. The molecular formula is C15H24ClN3O. The second-order valence-corrected chi connectivity index (χ2v) is 7.13. The van der Waals surface area contributed by atoms with Crippen LogP contribution in [0.2, 0.25) is 5.15 Å². The van der Waals surface area contributed by atoms with Gasteiger partial charge in [0.05, 0.1) is 17.0 Å². The van der Waals surface area contributed by atoms with E-state index in [2.05, 4.69) is 29.1 Å². The van der Waals surface area contributed by atoms with Crippen molar-refractivity contribution in [2.75, 3.05) is 11.9 Å². The van der Waals surface area contributed by atoms with Crippen LogP contribution in [-0.2, 0) is 0 Å². The summed E-state index contributed by atoms with van der Waals surface area (Å²) in [5.74, 6) is 0.563. The Morgan fingerprint density at radius 3 is 2.25 bits per heavy atom. The molecule has 5 heteroatoms. The van der Waals surface area contributed by atoms with Crippen molar-refractivity contribution in [1.82, 2.24) is 9.97 Å². The molecular weight excluding hydrogens is 274 g/mol.